The first-order valence-corrected chi connectivity index (χ1v) is 15.3. The number of aliphatic imine (C=N–C) groups is 1. The predicted octanol–water partition coefficient (Wildman–Crippen LogP) is 6.01. The number of hydrogen-bond donors (Lipinski definition) is 1. The molecule has 8 nitrogen and oxygen atoms in total. The second-order valence-electron chi connectivity index (χ2n) is 9.88. The summed E-state index contributed by atoms with van der Waals surface area (Å²) in [6.45, 7) is 2.72. The van der Waals surface area contributed by atoms with Crippen LogP contribution in [0.2, 0.25) is 0 Å². The number of ether oxygens (including phenoxy) is 2. The van der Waals surface area contributed by atoms with Crippen molar-refractivity contribution in [3.63, 3.8) is 0 Å². The Balaban J connectivity index is 1.19. The number of para-hydroxylation sites is 2. The topological polar surface area (TPSA) is 87.2 Å². The standard InChI is InChI=1S/C32H29BrN4O4S/c33-26-18-22(10-11-28(26)41-21-30(38)36-14-16-40-17-15-36)19-29-31(39)37(32(42-29)35-24-6-2-1-3-7-24)13-12-23-20-34-27-9-5-4-8-25(23)27/h1-11,18-20,34H,12-17,21H2/b29-19-,35-32?. The molecule has 0 unspecified atom stereocenters. The van der Waals surface area contributed by atoms with Gasteiger partial charge in [-0.2, -0.15) is 0 Å². The van der Waals surface area contributed by atoms with E-state index in [2.05, 4.69) is 33.0 Å². The first-order valence-electron chi connectivity index (χ1n) is 13.7. The number of fused-ring (bicyclic) bond motifs is 1. The van der Waals surface area contributed by atoms with E-state index in [1.54, 1.807) is 15.9 Å². The summed E-state index contributed by atoms with van der Waals surface area (Å²) in [6.07, 6.45) is 4.57. The molecule has 2 fully saturated rings. The Morgan fingerprint density at radius 1 is 1.07 bits per heavy atom. The lowest BCUT2D eigenvalue weighted by Crippen LogP contribution is -2.43. The summed E-state index contributed by atoms with van der Waals surface area (Å²) < 4.78 is 11.8. The molecule has 2 saturated heterocycles. The molecule has 2 amide bonds. The molecule has 0 bridgehead atoms. The summed E-state index contributed by atoms with van der Waals surface area (Å²) >= 11 is 4.93. The molecule has 214 valence electrons. The van der Waals surface area contributed by atoms with Crippen molar-refractivity contribution in [1.82, 2.24) is 14.8 Å². The van der Waals surface area contributed by atoms with Gasteiger partial charge in [0, 0.05) is 36.7 Å². The molecule has 0 aliphatic carbocycles. The van der Waals surface area contributed by atoms with Crippen LogP contribution >= 0.6 is 27.7 Å². The van der Waals surface area contributed by atoms with Gasteiger partial charge in [0.2, 0.25) is 0 Å². The molecule has 3 heterocycles. The molecule has 10 heteroatoms. The fourth-order valence-corrected chi connectivity index (χ4v) is 6.43. The average Bonchev–Trinajstić information content (AvgIpc) is 3.56. The first kappa shape index (κ1) is 28.3. The highest BCUT2D eigenvalue weighted by molar-refractivity contribution is 9.10. The van der Waals surface area contributed by atoms with Gasteiger partial charge in [-0.15, -0.1) is 0 Å². The summed E-state index contributed by atoms with van der Waals surface area (Å²) in [6, 6.07) is 23.4. The van der Waals surface area contributed by atoms with Gasteiger partial charge in [0.05, 0.1) is 28.3 Å². The number of carbonyl (C=O) groups excluding carboxylic acids is 2. The Morgan fingerprint density at radius 3 is 2.67 bits per heavy atom. The molecule has 2 aliphatic rings. The quantitative estimate of drug-likeness (QED) is 0.237. The second kappa shape index (κ2) is 13.0. The van der Waals surface area contributed by atoms with E-state index in [0.717, 1.165) is 27.7 Å². The molecule has 1 aromatic heterocycles. The van der Waals surface area contributed by atoms with Crippen molar-refractivity contribution < 1.29 is 19.1 Å². The van der Waals surface area contributed by atoms with Crippen LogP contribution in [-0.2, 0) is 20.7 Å². The first-order chi connectivity index (χ1) is 20.5. The van der Waals surface area contributed by atoms with Crippen molar-refractivity contribution in [3.8, 4) is 5.75 Å². The molecule has 0 atom stereocenters. The normalized spacial score (nSPS) is 17.5. The molecule has 0 spiro atoms. The monoisotopic (exact) mass is 644 g/mol. The highest BCUT2D eigenvalue weighted by atomic mass is 79.9. The van der Waals surface area contributed by atoms with Crippen molar-refractivity contribution in [1.29, 1.82) is 0 Å². The molecule has 4 aromatic rings. The number of morpholine rings is 1. The number of thioether (sulfide) groups is 1. The van der Waals surface area contributed by atoms with E-state index in [0.29, 0.717) is 59.6 Å². The van der Waals surface area contributed by atoms with Gasteiger partial charge in [0.25, 0.3) is 11.8 Å². The molecule has 0 radical (unpaired) electrons. The average molecular weight is 646 g/mol. The maximum absolute atomic E-state index is 13.7. The van der Waals surface area contributed by atoms with Crippen molar-refractivity contribution in [2.75, 3.05) is 39.5 Å². The predicted molar refractivity (Wildman–Crippen MR) is 170 cm³/mol. The Labute approximate surface area is 256 Å². The van der Waals surface area contributed by atoms with Gasteiger partial charge in [-0.25, -0.2) is 4.99 Å². The molecule has 2 aliphatic heterocycles. The number of nitrogens with one attached hydrogen (secondary N) is 1. The lowest BCUT2D eigenvalue weighted by atomic mass is 10.1. The molecule has 42 heavy (non-hydrogen) atoms. The number of aromatic amines is 1. The van der Waals surface area contributed by atoms with Gasteiger partial charge < -0.3 is 19.4 Å². The summed E-state index contributed by atoms with van der Waals surface area (Å²) in [5.74, 6) is 0.417. The van der Waals surface area contributed by atoms with Gasteiger partial charge >= 0.3 is 0 Å². The number of aromatic nitrogens is 1. The van der Waals surface area contributed by atoms with E-state index in [-0.39, 0.29) is 18.4 Å². The third-order valence-corrected chi connectivity index (χ3v) is 8.74. The number of amides is 2. The number of benzene rings is 3. The molecule has 0 saturated carbocycles. The minimum absolute atomic E-state index is 0.0436. The zero-order valence-corrected chi connectivity index (χ0v) is 25.2. The number of carbonyl (C=O) groups is 2. The zero-order valence-electron chi connectivity index (χ0n) is 22.8. The third-order valence-electron chi connectivity index (χ3n) is 7.12. The lowest BCUT2D eigenvalue weighted by molar-refractivity contribution is -0.137. The fourth-order valence-electron chi connectivity index (χ4n) is 4.89. The summed E-state index contributed by atoms with van der Waals surface area (Å²) in [5.41, 5.74) is 3.87. The lowest BCUT2D eigenvalue weighted by Gasteiger charge is -2.26. The van der Waals surface area contributed by atoms with Crippen LogP contribution in [0.25, 0.3) is 17.0 Å². The van der Waals surface area contributed by atoms with E-state index in [4.69, 9.17) is 14.5 Å². The molecular weight excluding hydrogens is 616 g/mol. The van der Waals surface area contributed by atoms with E-state index in [1.165, 1.54) is 11.8 Å². The van der Waals surface area contributed by atoms with Crippen molar-refractivity contribution in [2.45, 2.75) is 6.42 Å². The zero-order chi connectivity index (χ0) is 28.9. The number of amidine groups is 1. The van der Waals surface area contributed by atoms with Crippen LogP contribution < -0.4 is 4.74 Å². The SMILES string of the molecule is O=C(COc1ccc(/C=C2\SC(=Nc3ccccc3)N(CCc3c[nH]c4ccccc34)C2=O)cc1Br)N1CCOCC1. The van der Waals surface area contributed by atoms with Crippen LogP contribution in [0, 0.1) is 0 Å². The second-order valence-corrected chi connectivity index (χ2v) is 11.7. The minimum atomic E-state index is -0.0814. The number of halogens is 1. The molecular formula is C32H29BrN4O4S. The maximum atomic E-state index is 13.7. The maximum Gasteiger partial charge on any atom is 0.266 e. The smallest absolute Gasteiger partial charge is 0.266 e. The van der Waals surface area contributed by atoms with Gasteiger partial charge in [-0.05, 0) is 81.6 Å². The van der Waals surface area contributed by atoms with E-state index < -0.39 is 0 Å². The van der Waals surface area contributed by atoms with E-state index >= 15 is 0 Å². The molecule has 3 aromatic carbocycles. The highest BCUT2D eigenvalue weighted by Gasteiger charge is 2.33. The van der Waals surface area contributed by atoms with Crippen LogP contribution in [0.15, 0.2) is 93.4 Å². The van der Waals surface area contributed by atoms with Crippen molar-refractivity contribution in [2.24, 2.45) is 4.99 Å². The molecule has 1 N–H and O–H groups in total. The van der Waals surface area contributed by atoms with Crippen LogP contribution in [0.5, 0.6) is 5.75 Å². The Kier molecular flexibility index (Phi) is 8.73. The summed E-state index contributed by atoms with van der Waals surface area (Å²) in [7, 11) is 0. The van der Waals surface area contributed by atoms with Gasteiger partial charge in [-0.3, -0.25) is 14.5 Å². The fraction of sp³-hybridized carbons (Fsp3) is 0.219. The highest BCUT2D eigenvalue weighted by Crippen LogP contribution is 2.36. The van der Waals surface area contributed by atoms with Gasteiger partial charge in [0.15, 0.2) is 11.8 Å². The Bertz CT molecular complexity index is 1660. The van der Waals surface area contributed by atoms with Crippen LogP contribution in [-0.4, -0.2) is 71.2 Å². The number of nitrogens with zero attached hydrogens (tertiary/aromatic N) is 3. The van der Waals surface area contributed by atoms with Gasteiger partial charge in [-0.1, -0.05) is 42.5 Å². The van der Waals surface area contributed by atoms with Gasteiger partial charge in [0.1, 0.15) is 5.75 Å². The van der Waals surface area contributed by atoms with Crippen molar-refractivity contribution >= 4 is 67.3 Å². The number of rotatable bonds is 8. The van der Waals surface area contributed by atoms with E-state index in [9.17, 15) is 9.59 Å². The van der Waals surface area contributed by atoms with Crippen LogP contribution in [0.3, 0.4) is 0 Å². The Morgan fingerprint density at radius 2 is 1.86 bits per heavy atom. The number of H-pyrrole nitrogens is 1. The molecule has 6 rings (SSSR count). The minimum Gasteiger partial charge on any atom is -0.483 e. The number of hydrogen-bond acceptors (Lipinski definition) is 6. The van der Waals surface area contributed by atoms with E-state index in [1.807, 2.05) is 66.9 Å². The largest absolute Gasteiger partial charge is 0.483 e. The third kappa shape index (κ3) is 6.46. The Hall–Kier alpha value is -3.86. The summed E-state index contributed by atoms with van der Waals surface area (Å²) in [4.78, 5) is 38.4. The van der Waals surface area contributed by atoms with Crippen LogP contribution in [0.1, 0.15) is 11.1 Å². The summed E-state index contributed by atoms with van der Waals surface area (Å²) in [5, 5.41) is 1.81. The van der Waals surface area contributed by atoms with Crippen LogP contribution in [0.4, 0.5) is 5.69 Å². The van der Waals surface area contributed by atoms with Crippen molar-refractivity contribution in [3.05, 3.63) is 99.5 Å².